The zero-order valence-electron chi connectivity index (χ0n) is 6.84. The topological polar surface area (TPSA) is 0 Å². The number of rotatable bonds is 1. The molecule has 3 unspecified atom stereocenters. The summed E-state index contributed by atoms with van der Waals surface area (Å²) in [4.78, 5) is 0. The van der Waals surface area contributed by atoms with E-state index in [2.05, 4.69) is 13.3 Å². The van der Waals surface area contributed by atoms with E-state index in [0.29, 0.717) is 0 Å². The summed E-state index contributed by atoms with van der Waals surface area (Å²) >= 11 is 0. The molecular weight excluding hydrogens is 120 g/mol. The van der Waals surface area contributed by atoms with Gasteiger partial charge in [0.05, 0.1) is 0 Å². The van der Waals surface area contributed by atoms with Crippen molar-refractivity contribution in [3.8, 4) is 0 Å². The Bertz CT molecular complexity index is 117. The highest BCUT2D eigenvalue weighted by Crippen LogP contribution is 2.48. The second kappa shape index (κ2) is 2.56. The lowest BCUT2D eigenvalue weighted by Gasteiger charge is -2.15. The van der Waals surface area contributed by atoms with Gasteiger partial charge in [0.1, 0.15) is 0 Å². The van der Waals surface area contributed by atoms with Crippen LogP contribution in [0.1, 0.15) is 39.0 Å². The monoisotopic (exact) mass is 137 g/mol. The summed E-state index contributed by atoms with van der Waals surface area (Å²) in [6.45, 7) is 2.24. The molecular formula is C10H17. The van der Waals surface area contributed by atoms with Crippen LogP contribution in [-0.2, 0) is 0 Å². The van der Waals surface area contributed by atoms with Crippen LogP contribution in [0, 0.1) is 24.2 Å². The molecule has 0 aromatic heterocycles. The zero-order chi connectivity index (χ0) is 6.97. The van der Waals surface area contributed by atoms with Gasteiger partial charge in [-0.25, -0.2) is 0 Å². The first-order valence-corrected chi connectivity index (χ1v) is 4.71. The van der Waals surface area contributed by atoms with Crippen LogP contribution in [0.15, 0.2) is 0 Å². The molecule has 10 heavy (non-hydrogen) atoms. The molecule has 0 amide bonds. The average Bonchev–Trinajstić information content (AvgIpc) is 2.44. The van der Waals surface area contributed by atoms with Crippen molar-refractivity contribution >= 4 is 0 Å². The van der Waals surface area contributed by atoms with Crippen molar-refractivity contribution in [2.75, 3.05) is 0 Å². The molecule has 0 aromatic carbocycles. The number of hydrogen-bond donors (Lipinski definition) is 0. The van der Waals surface area contributed by atoms with Crippen LogP contribution >= 0.6 is 0 Å². The molecule has 0 saturated heterocycles. The van der Waals surface area contributed by atoms with Crippen LogP contribution in [0.25, 0.3) is 0 Å². The Morgan fingerprint density at radius 2 is 2.00 bits per heavy atom. The van der Waals surface area contributed by atoms with E-state index in [0.717, 1.165) is 17.8 Å². The highest BCUT2D eigenvalue weighted by Gasteiger charge is 2.37. The van der Waals surface area contributed by atoms with Gasteiger partial charge in [-0.15, -0.1) is 0 Å². The SMILES string of the molecule is C[CH]C1CCC2CCCC12. The fourth-order valence-electron chi connectivity index (χ4n) is 3.02. The first-order valence-electron chi connectivity index (χ1n) is 4.71. The second-order valence-corrected chi connectivity index (χ2v) is 3.93. The van der Waals surface area contributed by atoms with Gasteiger partial charge in [0, 0.05) is 0 Å². The third kappa shape index (κ3) is 0.889. The van der Waals surface area contributed by atoms with Crippen molar-refractivity contribution in [3.63, 3.8) is 0 Å². The molecule has 2 saturated carbocycles. The third-order valence-corrected chi connectivity index (χ3v) is 3.57. The Hall–Kier alpha value is 0. The number of hydrogen-bond acceptors (Lipinski definition) is 0. The van der Waals surface area contributed by atoms with Crippen LogP contribution in [0.4, 0.5) is 0 Å². The highest BCUT2D eigenvalue weighted by atomic mass is 14.4. The van der Waals surface area contributed by atoms with Crippen molar-refractivity contribution < 1.29 is 0 Å². The summed E-state index contributed by atoms with van der Waals surface area (Å²) in [5.74, 6) is 3.22. The molecule has 2 rings (SSSR count). The second-order valence-electron chi connectivity index (χ2n) is 3.93. The minimum Gasteiger partial charge on any atom is -0.0620 e. The molecule has 2 aliphatic rings. The average molecular weight is 137 g/mol. The molecule has 0 bridgehead atoms. The van der Waals surface area contributed by atoms with E-state index >= 15 is 0 Å². The molecule has 1 radical (unpaired) electrons. The predicted molar refractivity (Wildman–Crippen MR) is 43.5 cm³/mol. The Balaban J connectivity index is 2.01. The van der Waals surface area contributed by atoms with E-state index < -0.39 is 0 Å². The van der Waals surface area contributed by atoms with Gasteiger partial charge in [-0.1, -0.05) is 19.8 Å². The zero-order valence-corrected chi connectivity index (χ0v) is 6.84. The molecule has 2 fully saturated rings. The lowest BCUT2D eigenvalue weighted by atomic mass is 9.90. The lowest BCUT2D eigenvalue weighted by molar-refractivity contribution is 0.388. The minimum absolute atomic E-state index is 0.993. The largest absolute Gasteiger partial charge is 0.0620 e. The van der Waals surface area contributed by atoms with Gasteiger partial charge in [-0.3, -0.25) is 0 Å². The van der Waals surface area contributed by atoms with Crippen LogP contribution in [-0.4, -0.2) is 0 Å². The molecule has 0 heteroatoms. The quantitative estimate of drug-likeness (QED) is 0.521. The standard InChI is InChI=1S/C10H17/c1-2-8-6-7-9-4-3-5-10(8)9/h2,8-10H,3-7H2,1H3. The molecule has 0 heterocycles. The molecule has 0 nitrogen and oxygen atoms in total. The van der Waals surface area contributed by atoms with E-state index in [-0.39, 0.29) is 0 Å². The third-order valence-electron chi connectivity index (χ3n) is 3.57. The highest BCUT2D eigenvalue weighted by molar-refractivity contribution is 4.93. The van der Waals surface area contributed by atoms with E-state index in [9.17, 15) is 0 Å². The minimum atomic E-state index is 0.993. The van der Waals surface area contributed by atoms with E-state index in [1.807, 2.05) is 0 Å². The molecule has 0 N–H and O–H groups in total. The molecule has 0 aromatic rings. The maximum Gasteiger partial charge on any atom is -0.0355 e. The van der Waals surface area contributed by atoms with Crippen molar-refractivity contribution in [3.05, 3.63) is 6.42 Å². The van der Waals surface area contributed by atoms with E-state index in [1.165, 1.54) is 32.1 Å². The Kier molecular flexibility index (Phi) is 1.71. The summed E-state index contributed by atoms with van der Waals surface area (Å²) in [7, 11) is 0. The van der Waals surface area contributed by atoms with Crippen molar-refractivity contribution in [1.82, 2.24) is 0 Å². The smallest absolute Gasteiger partial charge is 0.0355 e. The molecule has 57 valence electrons. The normalized spacial score (nSPS) is 45.9. The van der Waals surface area contributed by atoms with Gasteiger partial charge in [0.25, 0.3) is 0 Å². The maximum absolute atomic E-state index is 2.44. The van der Waals surface area contributed by atoms with Crippen LogP contribution in [0.3, 0.4) is 0 Å². The molecule has 2 aliphatic carbocycles. The first kappa shape index (κ1) is 6.69. The van der Waals surface area contributed by atoms with Crippen molar-refractivity contribution in [2.24, 2.45) is 17.8 Å². The maximum atomic E-state index is 2.44. The van der Waals surface area contributed by atoms with Gasteiger partial charge in [0.2, 0.25) is 0 Å². The van der Waals surface area contributed by atoms with Crippen molar-refractivity contribution in [2.45, 2.75) is 39.0 Å². The van der Waals surface area contributed by atoms with E-state index in [1.54, 1.807) is 0 Å². The van der Waals surface area contributed by atoms with Gasteiger partial charge in [-0.05, 0) is 43.4 Å². The van der Waals surface area contributed by atoms with Crippen LogP contribution in [0.2, 0.25) is 0 Å². The van der Waals surface area contributed by atoms with Gasteiger partial charge in [0.15, 0.2) is 0 Å². The summed E-state index contributed by atoms with van der Waals surface area (Å²) in [5.41, 5.74) is 0. The molecule has 0 aliphatic heterocycles. The van der Waals surface area contributed by atoms with Crippen LogP contribution in [0.5, 0.6) is 0 Å². The Labute approximate surface area is 64.0 Å². The first-order chi connectivity index (χ1) is 4.92. The van der Waals surface area contributed by atoms with E-state index in [4.69, 9.17) is 0 Å². The fourth-order valence-corrected chi connectivity index (χ4v) is 3.02. The van der Waals surface area contributed by atoms with Crippen LogP contribution < -0.4 is 0 Å². The fraction of sp³-hybridized carbons (Fsp3) is 0.900. The summed E-state index contributed by atoms with van der Waals surface area (Å²) in [5, 5.41) is 0. The van der Waals surface area contributed by atoms with Gasteiger partial charge >= 0.3 is 0 Å². The molecule has 3 atom stereocenters. The summed E-state index contributed by atoms with van der Waals surface area (Å²) < 4.78 is 0. The van der Waals surface area contributed by atoms with Crippen molar-refractivity contribution in [1.29, 1.82) is 0 Å². The predicted octanol–water partition coefficient (Wildman–Crippen LogP) is 3.04. The summed E-state index contributed by atoms with van der Waals surface area (Å²) in [6, 6.07) is 0. The summed E-state index contributed by atoms with van der Waals surface area (Å²) in [6.07, 6.45) is 10.0. The van der Waals surface area contributed by atoms with Gasteiger partial charge < -0.3 is 0 Å². The lowest BCUT2D eigenvalue weighted by Crippen LogP contribution is -2.07. The van der Waals surface area contributed by atoms with Gasteiger partial charge in [-0.2, -0.15) is 0 Å². The Morgan fingerprint density at radius 3 is 2.80 bits per heavy atom. The molecule has 0 spiro atoms. The Morgan fingerprint density at radius 1 is 1.10 bits per heavy atom. The number of fused-ring (bicyclic) bond motifs is 1.